The van der Waals surface area contributed by atoms with Crippen LogP contribution in [0.5, 0.6) is 0 Å². The van der Waals surface area contributed by atoms with Crippen LogP contribution in [-0.4, -0.2) is 28.8 Å². The maximum Gasteiger partial charge on any atom is 0.336 e. The number of benzene rings is 2. The van der Waals surface area contributed by atoms with Crippen LogP contribution in [0.4, 0.5) is 16.2 Å². The van der Waals surface area contributed by atoms with Gasteiger partial charge >= 0.3 is 6.03 Å². The molecule has 1 saturated heterocycles. The molecule has 1 saturated carbocycles. The molecule has 29 heavy (non-hydrogen) atoms. The smallest absolute Gasteiger partial charge is 0.322 e. The van der Waals surface area contributed by atoms with Gasteiger partial charge in [-0.1, -0.05) is 55.7 Å². The molecule has 1 aliphatic carbocycles. The fourth-order valence-electron chi connectivity index (χ4n) is 3.97. The van der Waals surface area contributed by atoms with Gasteiger partial charge in [0.15, 0.2) is 0 Å². The van der Waals surface area contributed by atoms with Crippen molar-refractivity contribution >= 4 is 29.2 Å². The lowest BCUT2D eigenvalue weighted by molar-refractivity contribution is -0.116. The number of carbonyl (C=O) groups is 3. The molecule has 1 aliphatic heterocycles. The topological polar surface area (TPSA) is 69.7 Å². The summed E-state index contributed by atoms with van der Waals surface area (Å²) in [5.74, 6) is -0.891. The van der Waals surface area contributed by atoms with Gasteiger partial charge < -0.3 is 5.32 Å². The highest BCUT2D eigenvalue weighted by molar-refractivity contribution is 6.28. The van der Waals surface area contributed by atoms with Crippen LogP contribution in [0.3, 0.4) is 0 Å². The summed E-state index contributed by atoms with van der Waals surface area (Å²) in [7, 11) is 0. The maximum absolute atomic E-state index is 13.2. The summed E-state index contributed by atoms with van der Waals surface area (Å²) in [5.41, 5.74) is 1.28. The van der Waals surface area contributed by atoms with Gasteiger partial charge in [-0.2, -0.15) is 0 Å². The summed E-state index contributed by atoms with van der Waals surface area (Å²) in [6.45, 7) is 0. The average molecular weight is 389 g/mol. The second-order valence-corrected chi connectivity index (χ2v) is 7.31. The van der Waals surface area contributed by atoms with Crippen LogP contribution in [0.2, 0.25) is 0 Å². The highest BCUT2D eigenvalue weighted by Gasteiger charge is 2.45. The molecule has 0 radical (unpaired) electrons. The zero-order chi connectivity index (χ0) is 20.2. The van der Waals surface area contributed by atoms with Gasteiger partial charge in [-0.3, -0.25) is 14.5 Å². The molecule has 6 heteroatoms. The Balaban J connectivity index is 1.67. The minimum absolute atomic E-state index is 0.0651. The van der Waals surface area contributed by atoms with Gasteiger partial charge in [0, 0.05) is 17.8 Å². The van der Waals surface area contributed by atoms with Crippen LogP contribution >= 0.6 is 0 Å². The fraction of sp³-hybridized carbons (Fsp3) is 0.261. The van der Waals surface area contributed by atoms with Crippen LogP contribution < -0.4 is 10.2 Å². The van der Waals surface area contributed by atoms with E-state index >= 15 is 0 Å². The van der Waals surface area contributed by atoms with Gasteiger partial charge in [-0.15, -0.1) is 0 Å². The number of amides is 4. The molecule has 4 rings (SSSR count). The van der Waals surface area contributed by atoms with Crippen molar-refractivity contribution in [1.82, 2.24) is 4.90 Å². The molecule has 6 nitrogen and oxygen atoms in total. The van der Waals surface area contributed by atoms with E-state index in [9.17, 15) is 14.4 Å². The summed E-state index contributed by atoms with van der Waals surface area (Å²) in [6.07, 6.45) is 6.07. The molecule has 0 atom stereocenters. The molecule has 2 aromatic carbocycles. The number of imide groups is 1. The van der Waals surface area contributed by atoms with E-state index in [2.05, 4.69) is 5.32 Å². The molecule has 2 aliphatic rings. The van der Waals surface area contributed by atoms with E-state index in [1.807, 2.05) is 24.3 Å². The maximum atomic E-state index is 13.2. The third-order valence-corrected chi connectivity index (χ3v) is 5.34. The fourth-order valence-corrected chi connectivity index (χ4v) is 3.97. The van der Waals surface area contributed by atoms with Crippen LogP contribution in [0.1, 0.15) is 32.1 Å². The predicted molar refractivity (Wildman–Crippen MR) is 111 cm³/mol. The first-order chi connectivity index (χ1) is 14.1. The van der Waals surface area contributed by atoms with Crippen molar-refractivity contribution in [3.63, 3.8) is 0 Å². The van der Waals surface area contributed by atoms with E-state index < -0.39 is 11.8 Å². The first-order valence-electron chi connectivity index (χ1n) is 9.95. The molecule has 0 aromatic heterocycles. The SMILES string of the molecule is O=C(C=C1C(=O)N(c2ccccc2)C(=O)N1C1CCCCC1)Nc1ccccc1. The van der Waals surface area contributed by atoms with Gasteiger partial charge in [-0.05, 0) is 37.1 Å². The Kier molecular flexibility index (Phi) is 5.42. The Morgan fingerprint density at radius 2 is 1.52 bits per heavy atom. The quantitative estimate of drug-likeness (QED) is 0.626. The normalized spacial score (nSPS) is 19.1. The van der Waals surface area contributed by atoms with E-state index in [-0.39, 0.29) is 17.8 Å². The number of rotatable bonds is 4. The van der Waals surface area contributed by atoms with Crippen molar-refractivity contribution in [3.05, 3.63) is 72.4 Å². The summed E-state index contributed by atoms with van der Waals surface area (Å²) in [4.78, 5) is 41.7. The van der Waals surface area contributed by atoms with Gasteiger partial charge in [-0.25, -0.2) is 9.69 Å². The zero-order valence-electron chi connectivity index (χ0n) is 16.1. The van der Waals surface area contributed by atoms with E-state index in [1.54, 1.807) is 36.4 Å². The van der Waals surface area contributed by atoms with E-state index in [0.717, 1.165) is 37.0 Å². The van der Waals surface area contributed by atoms with Gasteiger partial charge in [0.25, 0.3) is 11.8 Å². The number of hydrogen-bond donors (Lipinski definition) is 1. The molecule has 0 unspecified atom stereocenters. The van der Waals surface area contributed by atoms with Crippen molar-refractivity contribution in [2.24, 2.45) is 0 Å². The minimum Gasteiger partial charge on any atom is -0.322 e. The molecular formula is C23H23N3O3. The van der Waals surface area contributed by atoms with Crippen molar-refractivity contribution < 1.29 is 14.4 Å². The molecule has 4 amide bonds. The number of carbonyl (C=O) groups excluding carboxylic acids is 3. The first kappa shape index (κ1) is 18.9. The molecule has 0 bridgehead atoms. The second kappa shape index (κ2) is 8.31. The van der Waals surface area contributed by atoms with Crippen LogP contribution in [-0.2, 0) is 9.59 Å². The van der Waals surface area contributed by atoms with Crippen LogP contribution in [0, 0.1) is 0 Å². The summed E-state index contributed by atoms with van der Waals surface area (Å²) in [6, 6.07) is 17.4. The summed E-state index contributed by atoms with van der Waals surface area (Å²) < 4.78 is 0. The van der Waals surface area contributed by atoms with Crippen LogP contribution in [0.25, 0.3) is 0 Å². The lowest BCUT2D eigenvalue weighted by Crippen LogP contribution is -2.40. The van der Waals surface area contributed by atoms with Crippen molar-refractivity contribution in [1.29, 1.82) is 0 Å². The molecule has 1 N–H and O–H groups in total. The van der Waals surface area contributed by atoms with Crippen LogP contribution in [0.15, 0.2) is 72.4 Å². The Bertz CT molecular complexity index is 934. The number of nitrogens with one attached hydrogen (secondary N) is 1. The monoisotopic (exact) mass is 389 g/mol. The third kappa shape index (κ3) is 3.92. The van der Waals surface area contributed by atoms with Crippen molar-refractivity contribution in [2.75, 3.05) is 10.2 Å². The summed E-state index contributed by atoms with van der Waals surface area (Å²) in [5, 5.41) is 2.76. The number of urea groups is 1. The zero-order valence-corrected chi connectivity index (χ0v) is 16.1. The van der Waals surface area contributed by atoms with E-state index in [1.165, 1.54) is 11.0 Å². The Morgan fingerprint density at radius 1 is 0.897 bits per heavy atom. The van der Waals surface area contributed by atoms with E-state index in [0.29, 0.717) is 11.4 Å². The lowest BCUT2D eigenvalue weighted by atomic mass is 9.94. The number of anilines is 2. The standard InChI is InChI=1S/C23H23N3O3/c27-21(24-17-10-4-1-5-11-17)16-20-22(28)26(19-14-8-3-9-15-19)23(29)25(20)18-12-6-2-7-13-18/h1,3-5,8-11,14-16,18H,2,6-7,12-13H2,(H,24,27). The van der Waals surface area contributed by atoms with Gasteiger partial charge in [0.2, 0.25) is 0 Å². The molecule has 148 valence electrons. The molecule has 0 spiro atoms. The molecular weight excluding hydrogens is 366 g/mol. The van der Waals surface area contributed by atoms with Crippen molar-refractivity contribution in [3.8, 4) is 0 Å². The highest BCUT2D eigenvalue weighted by Crippen LogP contribution is 2.34. The van der Waals surface area contributed by atoms with Crippen molar-refractivity contribution in [2.45, 2.75) is 38.1 Å². The third-order valence-electron chi connectivity index (χ3n) is 5.34. The number of hydrogen-bond acceptors (Lipinski definition) is 3. The minimum atomic E-state index is -0.463. The predicted octanol–water partition coefficient (Wildman–Crippen LogP) is 4.31. The van der Waals surface area contributed by atoms with E-state index in [4.69, 9.17) is 0 Å². The largest absolute Gasteiger partial charge is 0.336 e. The van der Waals surface area contributed by atoms with Gasteiger partial charge in [0.05, 0.1) is 5.69 Å². The lowest BCUT2D eigenvalue weighted by Gasteiger charge is -2.30. The van der Waals surface area contributed by atoms with Gasteiger partial charge in [0.1, 0.15) is 5.70 Å². The number of para-hydroxylation sites is 2. The molecule has 2 fully saturated rings. The average Bonchev–Trinajstić information content (AvgIpc) is 2.99. The number of nitrogens with zero attached hydrogens (tertiary/aromatic N) is 2. The Labute approximate surface area is 169 Å². The molecule has 1 heterocycles. The summed E-state index contributed by atoms with van der Waals surface area (Å²) >= 11 is 0. The Hall–Kier alpha value is -3.41. The first-order valence-corrected chi connectivity index (χ1v) is 9.95. The molecule has 2 aromatic rings. The second-order valence-electron chi connectivity index (χ2n) is 7.31. The Morgan fingerprint density at radius 3 is 2.17 bits per heavy atom. The highest BCUT2D eigenvalue weighted by atomic mass is 16.2.